The molecule has 0 aliphatic rings. The minimum Gasteiger partial charge on any atom is -0.484 e. The van der Waals surface area contributed by atoms with Crippen molar-refractivity contribution in [2.45, 2.75) is 12.6 Å². The Balaban J connectivity index is 2.53. The molecule has 0 unspecified atom stereocenters. The van der Waals surface area contributed by atoms with Crippen LogP contribution in [0, 0.1) is 0 Å². The lowest BCUT2D eigenvalue weighted by Gasteiger charge is -2.08. The largest absolute Gasteiger partial charge is 0.484 e. The Bertz CT molecular complexity index is 380. The van der Waals surface area contributed by atoms with Gasteiger partial charge in [-0.25, -0.2) is 0 Å². The van der Waals surface area contributed by atoms with E-state index in [1.807, 2.05) is 0 Å². The average Bonchev–Trinajstić information content (AvgIpc) is 2.27. The zero-order valence-corrected chi connectivity index (χ0v) is 8.91. The zero-order valence-electron chi connectivity index (χ0n) is 8.91. The lowest BCUT2D eigenvalue weighted by atomic mass is 10.2. The van der Waals surface area contributed by atoms with Gasteiger partial charge in [0.25, 0.3) is 0 Å². The number of hydrogen-bond donors (Lipinski definition) is 0. The van der Waals surface area contributed by atoms with Gasteiger partial charge in [-0.05, 0) is 17.7 Å². The number of benzene rings is 1. The van der Waals surface area contributed by atoms with Gasteiger partial charge >= 0.3 is 6.18 Å². The van der Waals surface area contributed by atoms with Gasteiger partial charge in [0.2, 0.25) is 0 Å². The van der Waals surface area contributed by atoms with Crippen LogP contribution in [0.15, 0.2) is 30.3 Å². The Kier molecular flexibility index (Phi) is 4.75. The Hall–Kier alpha value is -1.78. The fraction of sp³-hybridized carbons (Fsp3) is 0.250. The lowest BCUT2D eigenvalue weighted by Crippen LogP contribution is -2.19. The average molecular weight is 244 g/mol. The standard InChI is InChI=1S/C12H11F3O2/c13-12(14,15)9-17-11-6-4-10(5-7-11)3-1-2-8-16/h1,3-8H,2,9H2. The van der Waals surface area contributed by atoms with Crippen LogP contribution in [0.4, 0.5) is 13.2 Å². The van der Waals surface area contributed by atoms with Gasteiger partial charge in [0.15, 0.2) is 6.61 Å². The van der Waals surface area contributed by atoms with Crippen molar-refractivity contribution in [3.05, 3.63) is 35.9 Å². The first kappa shape index (κ1) is 13.3. The minimum atomic E-state index is -4.33. The highest BCUT2D eigenvalue weighted by Gasteiger charge is 2.28. The molecule has 0 radical (unpaired) electrons. The molecule has 1 aromatic carbocycles. The second-order valence-corrected chi connectivity index (χ2v) is 3.28. The number of carbonyl (C=O) groups excluding carboxylic acids is 1. The van der Waals surface area contributed by atoms with Crippen molar-refractivity contribution in [3.63, 3.8) is 0 Å². The van der Waals surface area contributed by atoms with E-state index in [0.717, 1.165) is 11.8 Å². The van der Waals surface area contributed by atoms with Crippen LogP contribution in [0.2, 0.25) is 0 Å². The van der Waals surface area contributed by atoms with Crippen molar-refractivity contribution < 1.29 is 22.7 Å². The summed E-state index contributed by atoms with van der Waals surface area (Å²) in [7, 11) is 0. The number of aldehydes is 1. The summed E-state index contributed by atoms with van der Waals surface area (Å²) in [6, 6.07) is 6.14. The fourth-order valence-electron chi connectivity index (χ4n) is 1.10. The first-order chi connectivity index (χ1) is 8.01. The van der Waals surface area contributed by atoms with Crippen LogP contribution in [-0.2, 0) is 4.79 Å². The van der Waals surface area contributed by atoms with Gasteiger partial charge in [-0.2, -0.15) is 13.2 Å². The van der Waals surface area contributed by atoms with Crippen LogP contribution in [0.1, 0.15) is 12.0 Å². The third-order valence-corrected chi connectivity index (χ3v) is 1.83. The van der Waals surface area contributed by atoms with Gasteiger partial charge in [-0.3, -0.25) is 0 Å². The number of halogens is 3. The highest BCUT2D eigenvalue weighted by atomic mass is 19.4. The van der Waals surface area contributed by atoms with E-state index in [1.54, 1.807) is 24.3 Å². The van der Waals surface area contributed by atoms with Crippen LogP contribution in [0.5, 0.6) is 5.75 Å². The SMILES string of the molecule is O=CCC=Cc1ccc(OCC(F)(F)F)cc1. The van der Waals surface area contributed by atoms with Gasteiger partial charge in [0, 0.05) is 6.42 Å². The Morgan fingerprint density at radius 1 is 1.18 bits per heavy atom. The van der Waals surface area contributed by atoms with Gasteiger partial charge in [0.1, 0.15) is 12.0 Å². The monoisotopic (exact) mass is 244 g/mol. The van der Waals surface area contributed by atoms with E-state index in [4.69, 9.17) is 0 Å². The smallest absolute Gasteiger partial charge is 0.422 e. The van der Waals surface area contributed by atoms with Crippen molar-refractivity contribution in [1.29, 1.82) is 0 Å². The zero-order chi connectivity index (χ0) is 12.7. The highest BCUT2D eigenvalue weighted by Crippen LogP contribution is 2.19. The van der Waals surface area contributed by atoms with Crippen molar-refractivity contribution >= 4 is 12.4 Å². The van der Waals surface area contributed by atoms with E-state index in [-0.39, 0.29) is 5.75 Å². The van der Waals surface area contributed by atoms with Crippen LogP contribution in [0.25, 0.3) is 6.08 Å². The molecule has 1 rings (SSSR count). The van der Waals surface area contributed by atoms with Crippen LogP contribution >= 0.6 is 0 Å². The number of carbonyl (C=O) groups is 1. The molecule has 0 spiro atoms. The summed E-state index contributed by atoms with van der Waals surface area (Å²) in [5, 5.41) is 0. The normalized spacial score (nSPS) is 11.7. The number of alkyl halides is 3. The molecule has 0 fully saturated rings. The van der Waals surface area contributed by atoms with E-state index < -0.39 is 12.8 Å². The Labute approximate surface area is 96.7 Å². The maximum absolute atomic E-state index is 11.9. The van der Waals surface area contributed by atoms with E-state index in [0.29, 0.717) is 6.42 Å². The van der Waals surface area contributed by atoms with Crippen LogP contribution in [-0.4, -0.2) is 19.1 Å². The molecule has 0 saturated carbocycles. The maximum atomic E-state index is 11.9. The highest BCUT2D eigenvalue weighted by molar-refractivity contribution is 5.58. The minimum absolute atomic E-state index is 0.162. The molecule has 0 aromatic heterocycles. The molecule has 92 valence electrons. The first-order valence-electron chi connectivity index (χ1n) is 4.91. The quantitative estimate of drug-likeness (QED) is 0.743. The summed E-state index contributed by atoms with van der Waals surface area (Å²) in [6.45, 7) is -1.30. The summed E-state index contributed by atoms with van der Waals surface area (Å²) in [5.41, 5.74) is 0.797. The molecule has 5 heteroatoms. The first-order valence-corrected chi connectivity index (χ1v) is 4.91. The van der Waals surface area contributed by atoms with Crippen molar-refractivity contribution in [2.75, 3.05) is 6.61 Å². The molecular formula is C12H11F3O2. The molecule has 2 nitrogen and oxygen atoms in total. The molecule has 0 amide bonds. The fourth-order valence-corrected chi connectivity index (χ4v) is 1.10. The van der Waals surface area contributed by atoms with Gasteiger partial charge in [-0.1, -0.05) is 24.3 Å². The number of ether oxygens (including phenoxy) is 1. The second-order valence-electron chi connectivity index (χ2n) is 3.28. The van der Waals surface area contributed by atoms with Crippen molar-refractivity contribution in [2.24, 2.45) is 0 Å². The predicted molar refractivity (Wildman–Crippen MR) is 57.7 cm³/mol. The van der Waals surface area contributed by atoms with Crippen LogP contribution in [0.3, 0.4) is 0 Å². The Morgan fingerprint density at radius 2 is 1.82 bits per heavy atom. The van der Waals surface area contributed by atoms with Crippen molar-refractivity contribution in [3.8, 4) is 5.75 Å². The predicted octanol–water partition coefficient (Wildman–Crippen LogP) is 3.23. The van der Waals surface area contributed by atoms with Crippen molar-refractivity contribution in [1.82, 2.24) is 0 Å². The molecule has 0 saturated heterocycles. The maximum Gasteiger partial charge on any atom is 0.422 e. The third kappa shape index (κ3) is 5.75. The molecule has 0 aliphatic carbocycles. The third-order valence-electron chi connectivity index (χ3n) is 1.83. The Morgan fingerprint density at radius 3 is 2.35 bits per heavy atom. The summed E-state index contributed by atoms with van der Waals surface area (Å²) >= 11 is 0. The van der Waals surface area contributed by atoms with Gasteiger partial charge in [0.05, 0.1) is 0 Å². The molecule has 0 aliphatic heterocycles. The summed E-state index contributed by atoms with van der Waals surface area (Å²) in [4.78, 5) is 10.1. The lowest BCUT2D eigenvalue weighted by molar-refractivity contribution is -0.153. The van der Waals surface area contributed by atoms with E-state index in [1.165, 1.54) is 12.1 Å². The van der Waals surface area contributed by atoms with Gasteiger partial charge < -0.3 is 9.53 Å². The van der Waals surface area contributed by atoms with Crippen LogP contribution < -0.4 is 4.74 Å². The van der Waals surface area contributed by atoms with E-state index in [2.05, 4.69) is 4.74 Å². The van der Waals surface area contributed by atoms with E-state index in [9.17, 15) is 18.0 Å². The topological polar surface area (TPSA) is 26.3 Å². The molecule has 1 aromatic rings. The molecule has 0 N–H and O–H groups in total. The summed E-state index contributed by atoms with van der Waals surface area (Å²) in [6.07, 6.45) is 0.118. The number of allylic oxidation sites excluding steroid dienone is 1. The summed E-state index contributed by atoms with van der Waals surface area (Å²) < 4.78 is 40.1. The number of rotatable bonds is 5. The van der Waals surface area contributed by atoms with Gasteiger partial charge in [-0.15, -0.1) is 0 Å². The van der Waals surface area contributed by atoms with E-state index >= 15 is 0 Å². The molecule has 0 atom stereocenters. The second kappa shape index (κ2) is 6.08. The molecular weight excluding hydrogens is 233 g/mol. The molecule has 0 heterocycles. The summed E-state index contributed by atoms with van der Waals surface area (Å²) in [5.74, 6) is 0.162. The number of hydrogen-bond acceptors (Lipinski definition) is 2. The molecule has 17 heavy (non-hydrogen) atoms. The molecule has 0 bridgehead atoms.